The molecular weight excluding hydrogens is 324 g/mol. The van der Waals surface area contributed by atoms with Gasteiger partial charge in [0.2, 0.25) is 5.91 Å². The third-order valence-corrected chi connectivity index (χ3v) is 5.04. The fourth-order valence-corrected chi connectivity index (χ4v) is 3.73. The summed E-state index contributed by atoms with van der Waals surface area (Å²) >= 11 is 1.45. The number of thioether (sulfide) groups is 1. The van der Waals surface area contributed by atoms with E-state index in [2.05, 4.69) is 29.3 Å². The zero-order valence-electron chi connectivity index (χ0n) is 14.2. The summed E-state index contributed by atoms with van der Waals surface area (Å²) in [5.74, 6) is 0.939. The minimum absolute atomic E-state index is 0.125. The van der Waals surface area contributed by atoms with Gasteiger partial charge in [0.15, 0.2) is 5.16 Å². The number of hydrogen-bond donors (Lipinski definition) is 0. The summed E-state index contributed by atoms with van der Waals surface area (Å²) in [6.07, 6.45) is 0. The molecule has 0 aliphatic carbocycles. The van der Waals surface area contributed by atoms with Crippen LogP contribution < -0.4 is 0 Å². The molecule has 1 unspecified atom stereocenters. The lowest BCUT2D eigenvalue weighted by Gasteiger charge is -2.28. The van der Waals surface area contributed by atoms with Crippen molar-refractivity contribution in [2.75, 3.05) is 26.3 Å². The maximum absolute atomic E-state index is 12.6. The predicted octanol–water partition coefficient (Wildman–Crippen LogP) is 2.22. The van der Waals surface area contributed by atoms with Gasteiger partial charge in [0.25, 0.3) is 0 Å². The average molecular weight is 346 g/mol. The van der Waals surface area contributed by atoms with Gasteiger partial charge in [0.05, 0.1) is 18.5 Å². The Labute approximate surface area is 146 Å². The second-order valence-electron chi connectivity index (χ2n) is 5.90. The van der Waals surface area contributed by atoms with Gasteiger partial charge in [-0.1, -0.05) is 23.9 Å². The Hall–Kier alpha value is -1.86. The topological polar surface area (TPSA) is 60.2 Å². The molecule has 0 saturated carbocycles. The number of carbonyl (C=O) groups is 1. The van der Waals surface area contributed by atoms with Crippen molar-refractivity contribution in [3.8, 4) is 5.69 Å². The molecule has 1 aliphatic heterocycles. The first-order chi connectivity index (χ1) is 11.6. The van der Waals surface area contributed by atoms with Crippen LogP contribution in [0.25, 0.3) is 5.69 Å². The van der Waals surface area contributed by atoms with E-state index in [1.807, 2.05) is 35.4 Å². The van der Waals surface area contributed by atoms with Crippen LogP contribution in [0.2, 0.25) is 0 Å². The Morgan fingerprint density at radius 2 is 2.00 bits per heavy atom. The van der Waals surface area contributed by atoms with Crippen LogP contribution in [0.1, 0.15) is 18.3 Å². The molecule has 2 aromatic rings. The number of ether oxygens (including phenoxy) is 1. The van der Waals surface area contributed by atoms with Crippen molar-refractivity contribution in [3.05, 3.63) is 35.7 Å². The molecule has 1 saturated heterocycles. The summed E-state index contributed by atoms with van der Waals surface area (Å²) < 4.78 is 7.31. The zero-order valence-corrected chi connectivity index (χ0v) is 15.0. The van der Waals surface area contributed by atoms with Gasteiger partial charge in [-0.05, 0) is 38.5 Å². The van der Waals surface area contributed by atoms with E-state index >= 15 is 0 Å². The molecule has 7 heteroatoms. The first kappa shape index (κ1) is 17.0. The van der Waals surface area contributed by atoms with E-state index in [1.165, 1.54) is 17.3 Å². The van der Waals surface area contributed by atoms with E-state index in [-0.39, 0.29) is 11.2 Å². The summed E-state index contributed by atoms with van der Waals surface area (Å²) in [5.41, 5.74) is 2.19. The minimum Gasteiger partial charge on any atom is -0.378 e. The van der Waals surface area contributed by atoms with Gasteiger partial charge in [0, 0.05) is 18.8 Å². The van der Waals surface area contributed by atoms with E-state index in [4.69, 9.17) is 4.74 Å². The van der Waals surface area contributed by atoms with Crippen LogP contribution in [0.15, 0.2) is 29.4 Å². The highest BCUT2D eigenvalue weighted by Gasteiger charge is 2.25. The van der Waals surface area contributed by atoms with E-state index in [1.54, 1.807) is 0 Å². The standard InChI is InChI=1S/C17H22N4O2S/c1-12-5-4-6-15(11-12)21-14(3)18-19-17(21)24-13(2)16(22)20-7-9-23-10-8-20/h4-6,11,13H,7-10H2,1-3H3. The van der Waals surface area contributed by atoms with E-state index in [9.17, 15) is 4.79 Å². The Morgan fingerprint density at radius 1 is 1.25 bits per heavy atom. The highest BCUT2D eigenvalue weighted by Crippen LogP contribution is 2.27. The molecule has 1 aromatic heterocycles. The number of amides is 1. The number of carbonyl (C=O) groups excluding carboxylic acids is 1. The van der Waals surface area contributed by atoms with Gasteiger partial charge in [-0.3, -0.25) is 9.36 Å². The highest BCUT2D eigenvalue weighted by atomic mass is 32.2. The van der Waals surface area contributed by atoms with Crippen LogP contribution in [-0.2, 0) is 9.53 Å². The molecule has 0 bridgehead atoms. The number of aromatic nitrogens is 3. The van der Waals surface area contributed by atoms with Crippen molar-refractivity contribution in [1.82, 2.24) is 19.7 Å². The van der Waals surface area contributed by atoms with Gasteiger partial charge in [-0.15, -0.1) is 10.2 Å². The number of benzene rings is 1. The molecule has 2 heterocycles. The lowest BCUT2D eigenvalue weighted by Crippen LogP contribution is -2.44. The fourth-order valence-electron chi connectivity index (χ4n) is 2.73. The second-order valence-corrected chi connectivity index (χ2v) is 7.21. The maximum Gasteiger partial charge on any atom is 0.236 e. The molecule has 1 aromatic carbocycles. The quantitative estimate of drug-likeness (QED) is 0.795. The van der Waals surface area contributed by atoms with Crippen molar-refractivity contribution < 1.29 is 9.53 Å². The molecule has 0 N–H and O–H groups in total. The number of hydrogen-bond acceptors (Lipinski definition) is 5. The van der Waals surface area contributed by atoms with Crippen LogP contribution >= 0.6 is 11.8 Å². The average Bonchev–Trinajstić information content (AvgIpc) is 2.95. The van der Waals surface area contributed by atoms with Crippen LogP contribution in [0.3, 0.4) is 0 Å². The monoisotopic (exact) mass is 346 g/mol. The Bertz CT molecular complexity index is 725. The van der Waals surface area contributed by atoms with Crippen molar-refractivity contribution in [3.63, 3.8) is 0 Å². The largest absolute Gasteiger partial charge is 0.378 e. The van der Waals surface area contributed by atoms with Gasteiger partial charge >= 0.3 is 0 Å². The highest BCUT2D eigenvalue weighted by molar-refractivity contribution is 8.00. The summed E-state index contributed by atoms with van der Waals surface area (Å²) in [4.78, 5) is 14.5. The molecule has 1 aliphatic rings. The Balaban J connectivity index is 1.79. The van der Waals surface area contributed by atoms with Crippen LogP contribution in [0.5, 0.6) is 0 Å². The molecule has 0 radical (unpaired) electrons. The van der Waals surface area contributed by atoms with Crippen LogP contribution in [0, 0.1) is 13.8 Å². The summed E-state index contributed by atoms with van der Waals surface area (Å²) in [6.45, 7) is 8.45. The normalized spacial score (nSPS) is 16.2. The van der Waals surface area contributed by atoms with Gasteiger partial charge in [0.1, 0.15) is 5.82 Å². The van der Waals surface area contributed by atoms with E-state index in [0.717, 1.165) is 16.7 Å². The minimum atomic E-state index is -0.213. The Kier molecular flexibility index (Phi) is 5.20. The summed E-state index contributed by atoms with van der Waals surface area (Å²) in [6, 6.07) is 8.19. The molecule has 3 rings (SSSR count). The van der Waals surface area contributed by atoms with Crippen molar-refractivity contribution >= 4 is 17.7 Å². The van der Waals surface area contributed by atoms with Gasteiger partial charge in [-0.25, -0.2) is 0 Å². The smallest absolute Gasteiger partial charge is 0.236 e. The van der Waals surface area contributed by atoms with Gasteiger partial charge in [-0.2, -0.15) is 0 Å². The number of aryl methyl sites for hydroxylation is 2. The molecular formula is C17H22N4O2S. The number of rotatable bonds is 4. The third kappa shape index (κ3) is 3.62. The van der Waals surface area contributed by atoms with E-state index < -0.39 is 0 Å². The molecule has 1 fully saturated rings. The van der Waals surface area contributed by atoms with Gasteiger partial charge < -0.3 is 9.64 Å². The molecule has 24 heavy (non-hydrogen) atoms. The summed E-state index contributed by atoms with van der Waals surface area (Å²) in [7, 11) is 0. The lowest BCUT2D eigenvalue weighted by atomic mass is 10.2. The molecule has 1 atom stereocenters. The fraction of sp³-hybridized carbons (Fsp3) is 0.471. The van der Waals surface area contributed by atoms with Crippen molar-refractivity contribution in [1.29, 1.82) is 0 Å². The molecule has 6 nitrogen and oxygen atoms in total. The second kappa shape index (κ2) is 7.36. The Morgan fingerprint density at radius 3 is 2.71 bits per heavy atom. The first-order valence-corrected chi connectivity index (χ1v) is 8.96. The SMILES string of the molecule is Cc1cccc(-n2c(C)nnc2SC(C)C(=O)N2CCOCC2)c1. The number of nitrogens with zero attached hydrogens (tertiary/aromatic N) is 4. The van der Waals surface area contributed by atoms with Crippen LogP contribution in [0.4, 0.5) is 0 Å². The maximum atomic E-state index is 12.6. The van der Waals surface area contributed by atoms with Crippen molar-refractivity contribution in [2.45, 2.75) is 31.2 Å². The third-order valence-electron chi connectivity index (χ3n) is 4.01. The molecule has 0 spiro atoms. The zero-order chi connectivity index (χ0) is 17.1. The van der Waals surface area contributed by atoms with Crippen LogP contribution in [-0.4, -0.2) is 57.1 Å². The van der Waals surface area contributed by atoms with E-state index in [0.29, 0.717) is 26.3 Å². The first-order valence-electron chi connectivity index (χ1n) is 8.08. The summed E-state index contributed by atoms with van der Waals surface area (Å²) in [5, 5.41) is 8.99. The molecule has 1 amide bonds. The lowest BCUT2D eigenvalue weighted by molar-refractivity contribution is -0.134. The van der Waals surface area contributed by atoms with Crippen molar-refractivity contribution in [2.24, 2.45) is 0 Å². The predicted molar refractivity (Wildman–Crippen MR) is 93.6 cm³/mol. The number of morpholine rings is 1. The molecule has 128 valence electrons.